The van der Waals surface area contributed by atoms with Gasteiger partial charge in [-0.25, -0.2) is 9.37 Å². The molecule has 100 valence electrons. The largest absolute Gasteiger partial charge is 0.436 e. The first-order valence-electron chi connectivity index (χ1n) is 5.86. The van der Waals surface area contributed by atoms with Gasteiger partial charge in [-0.1, -0.05) is 0 Å². The third kappa shape index (κ3) is 2.01. The summed E-state index contributed by atoms with van der Waals surface area (Å²) in [6.07, 6.45) is 0. The van der Waals surface area contributed by atoms with Crippen LogP contribution in [0.5, 0.6) is 0 Å². The van der Waals surface area contributed by atoms with E-state index in [2.05, 4.69) is 4.98 Å². The van der Waals surface area contributed by atoms with E-state index in [1.54, 1.807) is 19.1 Å². The second-order valence-electron chi connectivity index (χ2n) is 4.39. The van der Waals surface area contributed by atoms with E-state index in [-0.39, 0.29) is 11.5 Å². The van der Waals surface area contributed by atoms with Crippen LogP contribution in [0.1, 0.15) is 5.56 Å². The summed E-state index contributed by atoms with van der Waals surface area (Å²) in [4.78, 5) is 14.6. The van der Waals surface area contributed by atoms with E-state index in [4.69, 9.17) is 4.42 Å². The van der Waals surface area contributed by atoms with E-state index in [0.717, 1.165) is 0 Å². The van der Waals surface area contributed by atoms with Gasteiger partial charge in [-0.3, -0.25) is 10.1 Å². The highest BCUT2D eigenvalue weighted by atomic mass is 19.1. The Morgan fingerprint density at radius 3 is 2.60 bits per heavy atom. The first kappa shape index (κ1) is 12.3. The van der Waals surface area contributed by atoms with Crippen LogP contribution in [-0.2, 0) is 0 Å². The van der Waals surface area contributed by atoms with Crippen LogP contribution in [0.4, 0.5) is 10.1 Å². The number of hydrogen-bond donors (Lipinski definition) is 0. The first-order valence-corrected chi connectivity index (χ1v) is 5.86. The number of nitrogens with zero attached hydrogens (tertiary/aromatic N) is 2. The van der Waals surface area contributed by atoms with Gasteiger partial charge in [-0.05, 0) is 31.2 Å². The predicted octanol–water partition coefficient (Wildman–Crippen LogP) is 3.85. The molecule has 0 aliphatic carbocycles. The average Bonchev–Trinajstić information content (AvgIpc) is 2.84. The van der Waals surface area contributed by atoms with E-state index < -0.39 is 4.92 Å². The SMILES string of the molecule is Cc1cc([N+](=O)[O-])cc2nc(-c3ccc(F)cc3)oc12. The number of hydrogen-bond acceptors (Lipinski definition) is 4. The Kier molecular flexibility index (Phi) is 2.71. The zero-order valence-electron chi connectivity index (χ0n) is 10.5. The summed E-state index contributed by atoms with van der Waals surface area (Å²) in [5.74, 6) is -0.0414. The average molecular weight is 272 g/mol. The summed E-state index contributed by atoms with van der Waals surface area (Å²) >= 11 is 0. The molecule has 0 unspecified atom stereocenters. The molecule has 6 heteroatoms. The summed E-state index contributed by atoms with van der Waals surface area (Å²) in [6.45, 7) is 1.72. The summed E-state index contributed by atoms with van der Waals surface area (Å²) < 4.78 is 18.5. The highest BCUT2D eigenvalue weighted by molar-refractivity contribution is 5.81. The van der Waals surface area contributed by atoms with Crippen molar-refractivity contribution in [3.63, 3.8) is 0 Å². The second kappa shape index (κ2) is 4.41. The van der Waals surface area contributed by atoms with Gasteiger partial charge in [0.1, 0.15) is 11.3 Å². The smallest absolute Gasteiger partial charge is 0.272 e. The zero-order valence-corrected chi connectivity index (χ0v) is 10.5. The third-order valence-electron chi connectivity index (χ3n) is 2.96. The second-order valence-corrected chi connectivity index (χ2v) is 4.39. The van der Waals surface area contributed by atoms with Crippen molar-refractivity contribution in [2.24, 2.45) is 0 Å². The van der Waals surface area contributed by atoms with Crippen molar-refractivity contribution in [3.8, 4) is 11.5 Å². The Morgan fingerprint density at radius 2 is 1.95 bits per heavy atom. The molecule has 0 atom stereocenters. The zero-order chi connectivity index (χ0) is 14.3. The minimum Gasteiger partial charge on any atom is -0.436 e. The molecule has 0 amide bonds. The number of aryl methyl sites for hydroxylation is 1. The van der Waals surface area contributed by atoms with Crippen molar-refractivity contribution in [1.82, 2.24) is 4.98 Å². The van der Waals surface area contributed by atoms with E-state index >= 15 is 0 Å². The highest BCUT2D eigenvalue weighted by Gasteiger charge is 2.15. The van der Waals surface area contributed by atoms with Crippen molar-refractivity contribution in [1.29, 1.82) is 0 Å². The number of oxazole rings is 1. The van der Waals surface area contributed by atoms with Crippen LogP contribution in [0, 0.1) is 22.9 Å². The van der Waals surface area contributed by atoms with Crippen LogP contribution in [0.15, 0.2) is 40.8 Å². The normalized spacial score (nSPS) is 10.9. The molecule has 0 bridgehead atoms. The van der Waals surface area contributed by atoms with Gasteiger partial charge in [-0.2, -0.15) is 0 Å². The lowest BCUT2D eigenvalue weighted by atomic mass is 10.2. The van der Waals surface area contributed by atoms with Crippen molar-refractivity contribution >= 4 is 16.8 Å². The molecular weight excluding hydrogens is 263 g/mol. The maximum atomic E-state index is 12.9. The Balaban J connectivity index is 2.17. The van der Waals surface area contributed by atoms with E-state index in [1.807, 2.05) is 0 Å². The third-order valence-corrected chi connectivity index (χ3v) is 2.96. The molecule has 0 spiro atoms. The molecule has 0 radical (unpaired) electrons. The molecule has 0 saturated carbocycles. The van der Waals surface area contributed by atoms with Gasteiger partial charge in [0.2, 0.25) is 5.89 Å². The molecule has 0 aliphatic rings. The van der Waals surface area contributed by atoms with Crippen molar-refractivity contribution < 1.29 is 13.7 Å². The van der Waals surface area contributed by atoms with Gasteiger partial charge in [0.25, 0.3) is 5.69 Å². The van der Waals surface area contributed by atoms with Crippen LogP contribution >= 0.6 is 0 Å². The van der Waals surface area contributed by atoms with Crippen LogP contribution in [0.3, 0.4) is 0 Å². The van der Waals surface area contributed by atoms with Crippen LogP contribution in [0.2, 0.25) is 0 Å². The molecule has 1 heterocycles. The minimum absolute atomic E-state index is 0.0334. The first-order chi connectivity index (χ1) is 9.54. The van der Waals surface area contributed by atoms with Gasteiger partial charge >= 0.3 is 0 Å². The summed E-state index contributed by atoms with van der Waals surface area (Å²) in [5, 5.41) is 10.8. The predicted molar refractivity (Wildman–Crippen MR) is 70.8 cm³/mol. The Labute approximate surface area is 112 Å². The standard InChI is InChI=1S/C14H9FN2O3/c1-8-6-11(17(18)19)7-12-13(8)20-14(16-12)9-2-4-10(15)5-3-9/h2-7H,1H3. The molecule has 0 aliphatic heterocycles. The molecule has 20 heavy (non-hydrogen) atoms. The van der Waals surface area contributed by atoms with Crippen LogP contribution < -0.4 is 0 Å². The number of nitro benzene ring substituents is 1. The highest BCUT2D eigenvalue weighted by Crippen LogP contribution is 2.29. The number of rotatable bonds is 2. The fourth-order valence-electron chi connectivity index (χ4n) is 2.00. The molecule has 5 nitrogen and oxygen atoms in total. The van der Waals surface area contributed by atoms with Gasteiger partial charge in [0, 0.05) is 23.3 Å². The fraction of sp³-hybridized carbons (Fsp3) is 0.0714. The number of halogens is 1. The quantitative estimate of drug-likeness (QED) is 0.524. The lowest BCUT2D eigenvalue weighted by Gasteiger charge is -1.95. The van der Waals surface area contributed by atoms with Gasteiger partial charge in [0.05, 0.1) is 4.92 Å². The van der Waals surface area contributed by atoms with E-state index in [1.165, 1.54) is 24.3 Å². The van der Waals surface area contributed by atoms with E-state index in [0.29, 0.717) is 28.1 Å². The van der Waals surface area contributed by atoms with Gasteiger partial charge in [-0.15, -0.1) is 0 Å². The van der Waals surface area contributed by atoms with Crippen molar-refractivity contribution in [3.05, 3.63) is 57.9 Å². The molecule has 0 saturated heterocycles. The van der Waals surface area contributed by atoms with Crippen LogP contribution in [-0.4, -0.2) is 9.91 Å². The maximum absolute atomic E-state index is 12.9. The molecule has 2 aromatic carbocycles. The monoisotopic (exact) mass is 272 g/mol. The Hall–Kier alpha value is -2.76. The van der Waals surface area contributed by atoms with Crippen molar-refractivity contribution in [2.45, 2.75) is 6.92 Å². The fourth-order valence-corrected chi connectivity index (χ4v) is 2.00. The topological polar surface area (TPSA) is 69.2 Å². The molecule has 0 N–H and O–H groups in total. The minimum atomic E-state index is -0.474. The van der Waals surface area contributed by atoms with Crippen LogP contribution in [0.25, 0.3) is 22.6 Å². The lowest BCUT2D eigenvalue weighted by Crippen LogP contribution is -1.88. The molecular formula is C14H9FN2O3. The summed E-state index contributed by atoms with van der Waals surface area (Å²) in [7, 11) is 0. The molecule has 1 aromatic heterocycles. The Bertz CT molecular complexity index is 809. The van der Waals surface area contributed by atoms with E-state index in [9.17, 15) is 14.5 Å². The summed E-state index contributed by atoms with van der Waals surface area (Å²) in [6, 6.07) is 8.49. The van der Waals surface area contributed by atoms with Gasteiger partial charge in [0.15, 0.2) is 5.58 Å². The number of nitro groups is 1. The molecule has 3 aromatic rings. The Morgan fingerprint density at radius 1 is 1.25 bits per heavy atom. The summed E-state index contributed by atoms with van der Waals surface area (Å²) in [5.41, 5.74) is 2.12. The van der Waals surface area contributed by atoms with Crippen molar-refractivity contribution in [2.75, 3.05) is 0 Å². The van der Waals surface area contributed by atoms with Gasteiger partial charge < -0.3 is 4.42 Å². The number of fused-ring (bicyclic) bond motifs is 1. The number of non-ortho nitro benzene ring substituents is 1. The molecule has 3 rings (SSSR count). The number of aromatic nitrogens is 1. The number of benzene rings is 2. The molecule has 0 fully saturated rings. The maximum Gasteiger partial charge on any atom is 0.272 e. The lowest BCUT2D eigenvalue weighted by molar-refractivity contribution is -0.384.